The van der Waals surface area contributed by atoms with Crippen molar-refractivity contribution in [3.05, 3.63) is 61.4 Å². The first-order valence-electron chi connectivity index (χ1n) is 12.2. The maximum absolute atomic E-state index is 2.85. The molecule has 0 aromatic heterocycles. The second-order valence-corrected chi connectivity index (χ2v) is 10.9. The molecule has 0 aromatic rings. The first kappa shape index (κ1) is 26.0. The Hall–Kier alpha value is 0.410. The minimum Gasteiger partial charge on any atom is -1.00 e. The third kappa shape index (κ3) is 4.32. The van der Waals surface area contributed by atoms with Crippen LogP contribution in [0.15, 0.2) is 48.6 Å². The molecular formula is C28H36Cl2Hf. The Morgan fingerprint density at radius 1 is 0.613 bits per heavy atom. The summed E-state index contributed by atoms with van der Waals surface area (Å²) in [5.74, 6) is 4.85. The maximum Gasteiger partial charge on any atom is 4.00 e. The summed E-state index contributed by atoms with van der Waals surface area (Å²) >= 11 is 0. The summed E-state index contributed by atoms with van der Waals surface area (Å²) in [4.78, 5) is 0. The molecule has 166 valence electrons. The predicted molar refractivity (Wildman–Crippen MR) is 117 cm³/mol. The quantitative estimate of drug-likeness (QED) is 0.329. The Balaban J connectivity index is 0.000000907. The summed E-state index contributed by atoms with van der Waals surface area (Å²) in [6.07, 6.45) is 39.6. The van der Waals surface area contributed by atoms with Crippen LogP contribution in [0.5, 0.6) is 0 Å². The Morgan fingerprint density at radius 2 is 1.03 bits per heavy atom. The molecule has 6 aliphatic carbocycles. The van der Waals surface area contributed by atoms with Crippen LogP contribution in [0, 0.1) is 59.2 Å². The van der Waals surface area contributed by atoms with E-state index in [9.17, 15) is 0 Å². The normalized spacial score (nSPS) is 45.9. The molecule has 0 radical (unpaired) electrons. The van der Waals surface area contributed by atoms with Crippen molar-refractivity contribution in [1.82, 2.24) is 0 Å². The first-order valence-corrected chi connectivity index (χ1v) is 12.2. The molecule has 0 aromatic carbocycles. The van der Waals surface area contributed by atoms with Gasteiger partial charge in [0.15, 0.2) is 0 Å². The van der Waals surface area contributed by atoms with E-state index >= 15 is 0 Å². The van der Waals surface area contributed by atoms with Gasteiger partial charge in [0.2, 0.25) is 0 Å². The van der Waals surface area contributed by atoms with Crippen molar-refractivity contribution in [3.63, 3.8) is 0 Å². The zero-order valence-electron chi connectivity index (χ0n) is 18.6. The van der Waals surface area contributed by atoms with Gasteiger partial charge in [0.25, 0.3) is 0 Å². The SMILES string of the molecule is C1=CC2[CH-]C3(CCC45[CH-]C6C=CC=CC6C4CCCC5)CCCCC3C2C=C1.[Cl-].[Cl-].[Hf+4]. The average Bonchev–Trinajstić information content (AvgIpc) is 3.26. The minimum absolute atomic E-state index is 0. The molecule has 0 spiro atoms. The zero-order chi connectivity index (χ0) is 18.6. The van der Waals surface area contributed by atoms with Gasteiger partial charge in [-0.05, 0) is 11.8 Å². The second kappa shape index (κ2) is 10.4. The van der Waals surface area contributed by atoms with Crippen LogP contribution in [0.25, 0.3) is 0 Å². The van der Waals surface area contributed by atoms with E-state index < -0.39 is 0 Å². The predicted octanol–water partition coefficient (Wildman–Crippen LogP) is 1.28. The van der Waals surface area contributed by atoms with Crippen molar-refractivity contribution in [3.8, 4) is 0 Å². The molecule has 0 saturated heterocycles. The Labute approximate surface area is 221 Å². The standard InChI is InChI=1S/C28H36.2ClH.Hf/c1-3-11-23-21(9-1)19-27(15-7-5-13-25(23)27)17-18-28-16-8-6-14-26(28)24-12-4-2-10-22(24)20-28;;;/h1-4,9-12,19-26H,5-8,13-18H2;2*1H;/q-2;;;+4/p-2. The monoisotopic (exact) mass is 622 g/mol. The van der Waals surface area contributed by atoms with E-state index in [2.05, 4.69) is 61.4 Å². The molecule has 6 rings (SSSR count). The van der Waals surface area contributed by atoms with E-state index in [1.807, 2.05) is 0 Å². The number of rotatable bonds is 3. The molecule has 31 heavy (non-hydrogen) atoms. The molecule has 0 nitrogen and oxygen atoms in total. The van der Waals surface area contributed by atoms with Crippen molar-refractivity contribution in [2.24, 2.45) is 46.3 Å². The van der Waals surface area contributed by atoms with E-state index in [1.165, 1.54) is 64.2 Å². The zero-order valence-corrected chi connectivity index (χ0v) is 23.7. The molecule has 0 N–H and O–H groups in total. The summed E-state index contributed by atoms with van der Waals surface area (Å²) in [7, 11) is 0. The van der Waals surface area contributed by atoms with Gasteiger partial charge in [-0.1, -0.05) is 113 Å². The smallest absolute Gasteiger partial charge is 1.00 e. The first-order chi connectivity index (χ1) is 13.8. The van der Waals surface area contributed by atoms with Gasteiger partial charge in [-0.25, -0.2) is 0 Å². The number of allylic oxidation sites excluding steroid dienone is 8. The fourth-order valence-corrected chi connectivity index (χ4v) is 8.59. The van der Waals surface area contributed by atoms with Gasteiger partial charge < -0.3 is 37.7 Å². The van der Waals surface area contributed by atoms with Gasteiger partial charge >= 0.3 is 25.8 Å². The number of halogens is 2. The van der Waals surface area contributed by atoms with Crippen LogP contribution >= 0.6 is 0 Å². The molecular weight excluding hydrogens is 586 g/mol. The third-order valence-corrected chi connectivity index (χ3v) is 9.77. The molecule has 4 saturated carbocycles. The Bertz CT molecular complexity index is 677. The minimum atomic E-state index is 0. The van der Waals surface area contributed by atoms with Gasteiger partial charge in [-0.3, -0.25) is 0 Å². The molecule has 8 atom stereocenters. The summed E-state index contributed by atoms with van der Waals surface area (Å²) in [5.41, 5.74) is 1.05. The third-order valence-electron chi connectivity index (χ3n) is 9.77. The molecule has 0 heterocycles. The number of fused-ring (bicyclic) bond motifs is 6. The Morgan fingerprint density at radius 3 is 1.48 bits per heavy atom. The van der Waals surface area contributed by atoms with E-state index in [0.717, 1.165) is 23.7 Å². The van der Waals surface area contributed by atoms with Gasteiger partial charge in [0.05, 0.1) is 0 Å². The summed E-state index contributed by atoms with van der Waals surface area (Å²) in [5, 5.41) is 0. The van der Waals surface area contributed by atoms with E-state index in [-0.39, 0.29) is 50.7 Å². The van der Waals surface area contributed by atoms with Crippen molar-refractivity contribution in [1.29, 1.82) is 0 Å². The molecule has 8 unspecified atom stereocenters. The molecule has 0 bridgehead atoms. The maximum atomic E-state index is 2.85. The summed E-state index contributed by atoms with van der Waals surface area (Å²) in [6, 6.07) is 0. The molecule has 0 amide bonds. The van der Waals surface area contributed by atoms with Crippen LogP contribution in [0.4, 0.5) is 0 Å². The van der Waals surface area contributed by atoms with Crippen LogP contribution in [-0.2, 0) is 25.8 Å². The van der Waals surface area contributed by atoms with Crippen LogP contribution in [0.2, 0.25) is 0 Å². The van der Waals surface area contributed by atoms with Crippen LogP contribution in [-0.4, -0.2) is 0 Å². The van der Waals surface area contributed by atoms with Crippen molar-refractivity contribution < 1.29 is 50.7 Å². The summed E-state index contributed by atoms with van der Waals surface area (Å²) < 4.78 is 0. The van der Waals surface area contributed by atoms with Gasteiger partial charge in [0, 0.05) is 0 Å². The number of hydrogen-bond donors (Lipinski definition) is 0. The molecule has 4 fully saturated rings. The topological polar surface area (TPSA) is 0 Å². The second-order valence-electron chi connectivity index (χ2n) is 10.9. The number of hydrogen-bond acceptors (Lipinski definition) is 0. The fraction of sp³-hybridized carbons (Fsp3) is 0.643. The average molecular weight is 622 g/mol. The van der Waals surface area contributed by atoms with Gasteiger partial charge in [-0.2, -0.15) is 10.8 Å². The summed E-state index contributed by atoms with van der Waals surface area (Å²) in [6.45, 7) is 0. The molecule has 3 heteroatoms. The van der Waals surface area contributed by atoms with E-state index in [4.69, 9.17) is 0 Å². The molecule has 0 aliphatic heterocycles. The van der Waals surface area contributed by atoms with Crippen LogP contribution < -0.4 is 24.8 Å². The van der Waals surface area contributed by atoms with Crippen LogP contribution in [0.1, 0.15) is 64.2 Å². The van der Waals surface area contributed by atoms with Crippen molar-refractivity contribution >= 4 is 0 Å². The van der Waals surface area contributed by atoms with E-state index in [0.29, 0.717) is 22.7 Å². The van der Waals surface area contributed by atoms with Gasteiger partial charge in [-0.15, -0.1) is 24.0 Å². The Kier molecular flexibility index (Phi) is 8.69. The van der Waals surface area contributed by atoms with Crippen molar-refractivity contribution in [2.45, 2.75) is 64.2 Å². The largest absolute Gasteiger partial charge is 4.00 e. The van der Waals surface area contributed by atoms with E-state index in [1.54, 1.807) is 0 Å². The fourth-order valence-electron chi connectivity index (χ4n) is 8.59. The molecule has 6 aliphatic rings. The van der Waals surface area contributed by atoms with Gasteiger partial charge in [0.1, 0.15) is 0 Å². The van der Waals surface area contributed by atoms with Crippen LogP contribution in [0.3, 0.4) is 0 Å². The van der Waals surface area contributed by atoms with Crippen molar-refractivity contribution in [2.75, 3.05) is 0 Å².